The Morgan fingerprint density at radius 2 is 2.10 bits per heavy atom. The van der Waals surface area contributed by atoms with E-state index in [4.69, 9.17) is 23.2 Å². The molecule has 9 heteroatoms. The zero-order chi connectivity index (χ0) is 15.0. The van der Waals surface area contributed by atoms with Gasteiger partial charge in [-0.25, -0.2) is 9.37 Å². The third kappa shape index (κ3) is 2.65. The fraction of sp³-hybridized carbons (Fsp3) is 0. The van der Waals surface area contributed by atoms with E-state index < -0.39 is 11.7 Å². The number of hydrogen-bond donors (Lipinski definition) is 2. The maximum atomic E-state index is 13.6. The Hall–Kier alpha value is -2.25. The molecule has 0 aliphatic rings. The molecule has 0 bridgehead atoms. The number of carbonyl (C=O) groups excluding carboxylic acids is 1. The number of fused-ring (bicyclic) bond motifs is 1. The number of imidazole rings is 1. The van der Waals surface area contributed by atoms with E-state index in [2.05, 4.69) is 25.3 Å². The Kier molecular flexibility index (Phi) is 3.44. The Balaban J connectivity index is 1.94. The molecule has 1 aromatic carbocycles. The van der Waals surface area contributed by atoms with Crippen LogP contribution in [0.3, 0.4) is 0 Å². The topological polar surface area (TPSA) is 83.6 Å². The first-order valence-electron chi connectivity index (χ1n) is 5.67. The molecule has 106 valence electrons. The van der Waals surface area contributed by atoms with Crippen molar-refractivity contribution >= 4 is 46.2 Å². The van der Waals surface area contributed by atoms with Crippen LogP contribution in [0.25, 0.3) is 11.2 Å². The van der Waals surface area contributed by atoms with Crippen molar-refractivity contribution in [2.75, 3.05) is 5.32 Å². The molecule has 21 heavy (non-hydrogen) atoms. The summed E-state index contributed by atoms with van der Waals surface area (Å²) in [6, 6.07) is 3.65. The molecule has 1 amide bonds. The van der Waals surface area contributed by atoms with E-state index in [1.54, 1.807) is 0 Å². The molecule has 0 saturated heterocycles. The number of rotatable bonds is 2. The van der Waals surface area contributed by atoms with Gasteiger partial charge in [-0.05, 0) is 18.2 Å². The molecule has 0 atom stereocenters. The minimum atomic E-state index is -0.735. The largest absolute Gasteiger partial charge is 0.341 e. The van der Waals surface area contributed by atoms with Gasteiger partial charge >= 0.3 is 0 Å². The Morgan fingerprint density at radius 1 is 1.29 bits per heavy atom. The summed E-state index contributed by atoms with van der Waals surface area (Å²) in [7, 11) is 0. The van der Waals surface area contributed by atoms with Gasteiger partial charge in [0.1, 0.15) is 11.3 Å². The predicted molar refractivity (Wildman–Crippen MR) is 76.1 cm³/mol. The van der Waals surface area contributed by atoms with E-state index in [-0.39, 0.29) is 27.3 Å². The molecule has 2 aromatic heterocycles. The van der Waals surface area contributed by atoms with Crippen LogP contribution in [0.5, 0.6) is 0 Å². The molecule has 0 aliphatic carbocycles. The van der Waals surface area contributed by atoms with Gasteiger partial charge in [-0.1, -0.05) is 23.2 Å². The molecule has 2 heterocycles. The second-order valence-corrected chi connectivity index (χ2v) is 4.81. The van der Waals surface area contributed by atoms with Crippen LogP contribution >= 0.6 is 23.2 Å². The molecule has 3 aromatic rings. The average Bonchev–Trinajstić information content (AvgIpc) is 2.90. The number of halogens is 3. The molecule has 0 spiro atoms. The number of nitrogens with zero attached hydrogens (tertiary/aromatic N) is 3. The number of aromatic amines is 1. The van der Waals surface area contributed by atoms with Crippen LogP contribution in [0, 0.1) is 5.82 Å². The summed E-state index contributed by atoms with van der Waals surface area (Å²) < 4.78 is 13.6. The smallest absolute Gasteiger partial charge is 0.261 e. The zero-order valence-corrected chi connectivity index (χ0v) is 11.7. The van der Waals surface area contributed by atoms with Crippen molar-refractivity contribution < 1.29 is 9.18 Å². The highest BCUT2D eigenvalue weighted by Crippen LogP contribution is 2.20. The standard InChI is InChI=1S/C12H6Cl2FN5O/c13-5-1-2-7(15)6(3-5)11(21)20-12-18-9(14)8-10(19-12)17-4-16-8/h1-4H,(H2,16,17,18,19,20,21). The first-order chi connectivity index (χ1) is 10.0. The summed E-state index contributed by atoms with van der Waals surface area (Å²) in [6.45, 7) is 0. The first-order valence-corrected chi connectivity index (χ1v) is 6.43. The zero-order valence-electron chi connectivity index (χ0n) is 10.2. The Morgan fingerprint density at radius 3 is 2.90 bits per heavy atom. The molecule has 2 N–H and O–H groups in total. The van der Waals surface area contributed by atoms with Crippen LogP contribution in [-0.4, -0.2) is 25.8 Å². The van der Waals surface area contributed by atoms with Crippen LogP contribution in [0.2, 0.25) is 10.2 Å². The summed E-state index contributed by atoms with van der Waals surface area (Å²) in [5, 5.41) is 2.69. The molecular formula is C12H6Cl2FN5O. The quantitative estimate of drug-likeness (QED) is 0.709. The highest BCUT2D eigenvalue weighted by Gasteiger charge is 2.15. The lowest BCUT2D eigenvalue weighted by molar-refractivity contribution is 0.102. The van der Waals surface area contributed by atoms with E-state index in [1.807, 2.05) is 0 Å². The summed E-state index contributed by atoms with van der Waals surface area (Å²) >= 11 is 11.7. The van der Waals surface area contributed by atoms with Crippen LogP contribution in [0.4, 0.5) is 10.3 Å². The summed E-state index contributed by atoms with van der Waals surface area (Å²) in [5.74, 6) is -1.52. The number of benzene rings is 1. The van der Waals surface area contributed by atoms with Gasteiger partial charge in [0.15, 0.2) is 10.8 Å². The van der Waals surface area contributed by atoms with Crippen LogP contribution in [-0.2, 0) is 0 Å². The number of carbonyl (C=O) groups is 1. The van der Waals surface area contributed by atoms with E-state index in [1.165, 1.54) is 18.5 Å². The molecule has 3 rings (SSSR count). The molecular weight excluding hydrogens is 320 g/mol. The second-order valence-electron chi connectivity index (χ2n) is 4.02. The predicted octanol–water partition coefficient (Wildman–Crippen LogP) is 3.05. The molecule has 0 fully saturated rings. The Labute approximate surface area is 127 Å². The third-order valence-corrected chi connectivity index (χ3v) is 3.15. The van der Waals surface area contributed by atoms with Gasteiger partial charge < -0.3 is 4.98 Å². The fourth-order valence-corrected chi connectivity index (χ4v) is 2.09. The fourth-order valence-electron chi connectivity index (χ4n) is 1.69. The molecule has 0 radical (unpaired) electrons. The minimum Gasteiger partial charge on any atom is -0.341 e. The highest BCUT2D eigenvalue weighted by molar-refractivity contribution is 6.33. The lowest BCUT2D eigenvalue weighted by Crippen LogP contribution is -2.16. The second kappa shape index (κ2) is 5.27. The van der Waals surface area contributed by atoms with Gasteiger partial charge in [-0.15, -0.1) is 0 Å². The third-order valence-electron chi connectivity index (χ3n) is 2.64. The Bertz CT molecular complexity index is 851. The number of amides is 1. The number of H-pyrrole nitrogens is 1. The van der Waals surface area contributed by atoms with Crippen LogP contribution in [0.1, 0.15) is 10.4 Å². The van der Waals surface area contributed by atoms with Crippen molar-refractivity contribution in [1.29, 1.82) is 0 Å². The maximum absolute atomic E-state index is 13.6. The van der Waals surface area contributed by atoms with Gasteiger partial charge in [0.25, 0.3) is 5.91 Å². The van der Waals surface area contributed by atoms with Gasteiger partial charge in [0, 0.05) is 5.02 Å². The molecule has 0 aliphatic heterocycles. The number of anilines is 1. The molecule has 6 nitrogen and oxygen atoms in total. The van der Waals surface area contributed by atoms with Crippen molar-refractivity contribution in [2.45, 2.75) is 0 Å². The van der Waals surface area contributed by atoms with E-state index in [0.717, 1.165) is 6.07 Å². The average molecular weight is 326 g/mol. The summed E-state index contributed by atoms with van der Waals surface area (Å²) in [4.78, 5) is 26.6. The van der Waals surface area contributed by atoms with Gasteiger partial charge in [-0.3, -0.25) is 10.1 Å². The van der Waals surface area contributed by atoms with Gasteiger partial charge in [-0.2, -0.15) is 9.97 Å². The van der Waals surface area contributed by atoms with Gasteiger partial charge in [0.05, 0.1) is 11.9 Å². The van der Waals surface area contributed by atoms with Crippen molar-refractivity contribution in [1.82, 2.24) is 19.9 Å². The number of nitrogens with one attached hydrogen (secondary N) is 2. The minimum absolute atomic E-state index is 0.0797. The monoisotopic (exact) mass is 325 g/mol. The molecule has 0 unspecified atom stereocenters. The van der Waals surface area contributed by atoms with E-state index >= 15 is 0 Å². The summed E-state index contributed by atoms with van der Waals surface area (Å²) in [6.07, 6.45) is 1.40. The lowest BCUT2D eigenvalue weighted by Gasteiger charge is -2.05. The maximum Gasteiger partial charge on any atom is 0.261 e. The molecule has 0 saturated carbocycles. The van der Waals surface area contributed by atoms with Crippen LogP contribution < -0.4 is 5.32 Å². The van der Waals surface area contributed by atoms with Crippen molar-refractivity contribution in [3.63, 3.8) is 0 Å². The SMILES string of the molecule is O=C(Nc1nc(Cl)c2[nH]cnc2n1)c1cc(Cl)ccc1F. The number of hydrogen-bond acceptors (Lipinski definition) is 4. The normalized spacial score (nSPS) is 10.8. The van der Waals surface area contributed by atoms with Crippen molar-refractivity contribution in [3.05, 3.63) is 46.1 Å². The number of aromatic nitrogens is 4. The van der Waals surface area contributed by atoms with E-state index in [0.29, 0.717) is 5.52 Å². The van der Waals surface area contributed by atoms with Crippen molar-refractivity contribution in [2.24, 2.45) is 0 Å². The lowest BCUT2D eigenvalue weighted by atomic mass is 10.2. The first kappa shape index (κ1) is 13.7. The van der Waals surface area contributed by atoms with Crippen molar-refractivity contribution in [3.8, 4) is 0 Å². The summed E-state index contributed by atoms with van der Waals surface area (Å²) in [5.41, 5.74) is 0.518. The van der Waals surface area contributed by atoms with Gasteiger partial charge in [0.2, 0.25) is 5.95 Å². The highest BCUT2D eigenvalue weighted by atomic mass is 35.5. The van der Waals surface area contributed by atoms with E-state index in [9.17, 15) is 9.18 Å². The van der Waals surface area contributed by atoms with Crippen LogP contribution in [0.15, 0.2) is 24.5 Å².